The summed E-state index contributed by atoms with van der Waals surface area (Å²) in [5, 5.41) is 10.5. The lowest BCUT2D eigenvalue weighted by Crippen LogP contribution is -2.42. The summed E-state index contributed by atoms with van der Waals surface area (Å²) in [5.74, 6) is -0.966. The molecule has 122 valence electrons. The van der Waals surface area contributed by atoms with Gasteiger partial charge in [-0.25, -0.2) is 4.98 Å². The lowest BCUT2D eigenvalue weighted by Gasteiger charge is -2.32. The minimum Gasteiger partial charge on any atom is -0.481 e. The minimum atomic E-state index is -0.821. The Kier molecular flexibility index (Phi) is 4.42. The van der Waals surface area contributed by atoms with Crippen molar-refractivity contribution in [3.8, 4) is 0 Å². The Morgan fingerprint density at radius 1 is 1.43 bits per heavy atom. The summed E-state index contributed by atoms with van der Waals surface area (Å²) in [6.07, 6.45) is 5.36. The molecule has 0 bridgehead atoms. The van der Waals surface area contributed by atoms with Crippen LogP contribution >= 0.6 is 11.3 Å². The van der Waals surface area contributed by atoms with E-state index in [1.54, 1.807) is 16.5 Å². The summed E-state index contributed by atoms with van der Waals surface area (Å²) in [6, 6.07) is 0. The van der Waals surface area contributed by atoms with Crippen molar-refractivity contribution in [1.82, 2.24) is 14.3 Å². The molecule has 0 saturated carbocycles. The van der Waals surface area contributed by atoms with Crippen LogP contribution in [0.3, 0.4) is 0 Å². The number of piperidine rings is 1. The van der Waals surface area contributed by atoms with Gasteiger partial charge in [0, 0.05) is 37.3 Å². The SMILES string of the molecule is O=C(O)CCC1CCCN(C(=O)c2cnc3sccn3c2=O)C1. The van der Waals surface area contributed by atoms with Gasteiger partial charge in [0.05, 0.1) is 0 Å². The van der Waals surface area contributed by atoms with E-state index in [4.69, 9.17) is 5.11 Å². The average Bonchev–Trinajstić information content (AvgIpc) is 3.02. The molecule has 8 heteroatoms. The van der Waals surface area contributed by atoms with Gasteiger partial charge in [-0.1, -0.05) is 0 Å². The molecule has 3 rings (SSSR count). The quantitative estimate of drug-likeness (QED) is 0.913. The fourth-order valence-corrected chi connectivity index (χ4v) is 3.63. The number of likely N-dealkylation sites (tertiary alicyclic amines) is 1. The molecule has 0 radical (unpaired) electrons. The highest BCUT2D eigenvalue weighted by Crippen LogP contribution is 2.22. The zero-order valence-electron chi connectivity index (χ0n) is 12.5. The highest BCUT2D eigenvalue weighted by molar-refractivity contribution is 7.15. The zero-order valence-corrected chi connectivity index (χ0v) is 13.3. The summed E-state index contributed by atoms with van der Waals surface area (Å²) in [5.41, 5.74) is -0.284. The molecular formula is C15H17N3O4S. The van der Waals surface area contributed by atoms with E-state index < -0.39 is 5.97 Å². The Morgan fingerprint density at radius 3 is 3.04 bits per heavy atom. The first kappa shape index (κ1) is 15.7. The molecule has 2 aromatic rings. The van der Waals surface area contributed by atoms with Crippen molar-refractivity contribution in [1.29, 1.82) is 0 Å². The molecule has 1 N–H and O–H groups in total. The third kappa shape index (κ3) is 3.26. The molecule has 23 heavy (non-hydrogen) atoms. The number of carbonyl (C=O) groups is 2. The number of thiazole rings is 1. The van der Waals surface area contributed by atoms with Gasteiger partial charge >= 0.3 is 5.97 Å². The molecule has 1 saturated heterocycles. The molecule has 0 aliphatic carbocycles. The van der Waals surface area contributed by atoms with Crippen molar-refractivity contribution in [2.75, 3.05) is 13.1 Å². The van der Waals surface area contributed by atoms with Crippen LogP contribution in [0.25, 0.3) is 4.96 Å². The van der Waals surface area contributed by atoms with Crippen LogP contribution in [0.1, 0.15) is 36.0 Å². The van der Waals surface area contributed by atoms with Crippen LogP contribution in [-0.4, -0.2) is 44.4 Å². The Balaban J connectivity index is 1.77. The second kappa shape index (κ2) is 6.49. The third-order valence-electron chi connectivity index (χ3n) is 4.15. The monoisotopic (exact) mass is 335 g/mol. The Morgan fingerprint density at radius 2 is 2.26 bits per heavy atom. The maximum absolute atomic E-state index is 12.6. The third-order valence-corrected chi connectivity index (χ3v) is 4.92. The summed E-state index contributed by atoms with van der Waals surface area (Å²) in [7, 11) is 0. The van der Waals surface area contributed by atoms with Crippen molar-refractivity contribution in [3.63, 3.8) is 0 Å². The number of hydrogen-bond acceptors (Lipinski definition) is 5. The van der Waals surface area contributed by atoms with Crippen molar-refractivity contribution >= 4 is 28.2 Å². The number of aliphatic carboxylic acids is 1. The van der Waals surface area contributed by atoms with E-state index in [2.05, 4.69) is 4.98 Å². The molecule has 1 fully saturated rings. The second-order valence-corrected chi connectivity index (χ2v) is 6.60. The number of carboxylic acid groups (broad SMARTS) is 1. The van der Waals surface area contributed by atoms with Crippen LogP contribution in [0, 0.1) is 5.92 Å². The van der Waals surface area contributed by atoms with Crippen LogP contribution in [0.15, 0.2) is 22.6 Å². The molecule has 1 atom stereocenters. The van der Waals surface area contributed by atoms with Gasteiger partial charge in [-0.3, -0.25) is 18.8 Å². The molecule has 0 aromatic carbocycles. The molecule has 3 heterocycles. The molecule has 2 aromatic heterocycles. The Bertz CT molecular complexity index is 797. The number of carbonyl (C=O) groups excluding carboxylic acids is 1. The first-order valence-corrected chi connectivity index (χ1v) is 8.40. The van der Waals surface area contributed by atoms with E-state index in [-0.39, 0.29) is 29.4 Å². The van der Waals surface area contributed by atoms with Crippen LogP contribution in [0.4, 0.5) is 0 Å². The smallest absolute Gasteiger partial charge is 0.303 e. The van der Waals surface area contributed by atoms with Crippen LogP contribution in [0.5, 0.6) is 0 Å². The number of aromatic nitrogens is 2. The molecule has 7 nitrogen and oxygen atoms in total. The number of fused-ring (bicyclic) bond motifs is 1. The molecule has 1 unspecified atom stereocenters. The van der Waals surface area contributed by atoms with Gasteiger partial charge < -0.3 is 10.0 Å². The number of amides is 1. The first-order chi connectivity index (χ1) is 11.1. The first-order valence-electron chi connectivity index (χ1n) is 7.52. The van der Waals surface area contributed by atoms with Gasteiger partial charge in [0.15, 0.2) is 4.96 Å². The topological polar surface area (TPSA) is 92.0 Å². The van der Waals surface area contributed by atoms with Crippen LogP contribution < -0.4 is 5.56 Å². The standard InChI is InChI=1S/C15H17N3O4S/c19-12(20)4-3-10-2-1-5-17(9-10)13(21)11-8-16-15-18(14(11)22)6-7-23-15/h6-8,10H,1-5,9H2,(H,19,20). The summed E-state index contributed by atoms with van der Waals surface area (Å²) < 4.78 is 1.38. The number of hydrogen-bond donors (Lipinski definition) is 1. The molecule has 1 amide bonds. The number of carboxylic acids is 1. The molecule has 0 spiro atoms. The van der Waals surface area contributed by atoms with Crippen LogP contribution in [-0.2, 0) is 4.79 Å². The highest BCUT2D eigenvalue weighted by atomic mass is 32.1. The largest absolute Gasteiger partial charge is 0.481 e. The van der Waals surface area contributed by atoms with Gasteiger partial charge in [-0.15, -0.1) is 11.3 Å². The van der Waals surface area contributed by atoms with E-state index in [1.807, 2.05) is 0 Å². The van der Waals surface area contributed by atoms with Gasteiger partial charge in [0.25, 0.3) is 11.5 Å². The van der Waals surface area contributed by atoms with Gasteiger partial charge in [-0.05, 0) is 25.2 Å². The number of nitrogens with zero attached hydrogens (tertiary/aromatic N) is 3. The second-order valence-electron chi connectivity index (χ2n) is 5.72. The maximum atomic E-state index is 12.6. The lowest BCUT2D eigenvalue weighted by molar-refractivity contribution is -0.137. The Labute approximate surface area is 136 Å². The van der Waals surface area contributed by atoms with E-state index in [0.717, 1.165) is 12.8 Å². The van der Waals surface area contributed by atoms with Crippen molar-refractivity contribution < 1.29 is 14.7 Å². The van der Waals surface area contributed by atoms with Crippen molar-refractivity contribution in [3.05, 3.63) is 33.7 Å². The molecular weight excluding hydrogens is 318 g/mol. The highest BCUT2D eigenvalue weighted by Gasteiger charge is 2.26. The van der Waals surface area contributed by atoms with Gasteiger partial charge in [0.1, 0.15) is 5.56 Å². The van der Waals surface area contributed by atoms with Crippen molar-refractivity contribution in [2.45, 2.75) is 25.7 Å². The zero-order chi connectivity index (χ0) is 16.4. The van der Waals surface area contributed by atoms with Crippen molar-refractivity contribution in [2.24, 2.45) is 5.92 Å². The predicted octanol–water partition coefficient (Wildman–Crippen LogP) is 1.47. The maximum Gasteiger partial charge on any atom is 0.303 e. The average molecular weight is 335 g/mol. The van der Waals surface area contributed by atoms with Crippen LogP contribution in [0.2, 0.25) is 0 Å². The predicted molar refractivity (Wildman–Crippen MR) is 84.8 cm³/mol. The van der Waals surface area contributed by atoms with E-state index >= 15 is 0 Å². The fraction of sp³-hybridized carbons (Fsp3) is 0.467. The minimum absolute atomic E-state index is 0.0692. The normalized spacial score (nSPS) is 18.3. The van der Waals surface area contributed by atoms with Gasteiger partial charge in [-0.2, -0.15) is 0 Å². The number of rotatable bonds is 4. The molecule has 1 aliphatic rings. The summed E-state index contributed by atoms with van der Waals surface area (Å²) >= 11 is 1.34. The molecule has 1 aliphatic heterocycles. The summed E-state index contributed by atoms with van der Waals surface area (Å²) in [6.45, 7) is 1.09. The van der Waals surface area contributed by atoms with E-state index in [1.165, 1.54) is 21.9 Å². The summed E-state index contributed by atoms with van der Waals surface area (Å²) in [4.78, 5) is 42.1. The fourth-order valence-electron chi connectivity index (χ4n) is 2.95. The lowest BCUT2D eigenvalue weighted by atomic mass is 9.93. The Hall–Kier alpha value is -2.22. The van der Waals surface area contributed by atoms with E-state index in [0.29, 0.717) is 24.5 Å². The van der Waals surface area contributed by atoms with Gasteiger partial charge in [0.2, 0.25) is 0 Å². The van der Waals surface area contributed by atoms with E-state index in [9.17, 15) is 14.4 Å².